The number of carbonyl (C=O) groups is 1. The fraction of sp³-hybridized carbons (Fsp3) is 0.450. The number of hydrogen-bond donors (Lipinski definition) is 0. The molecule has 2 aromatic rings. The monoisotopic (exact) mass is 357 g/mol. The minimum Gasteiger partial charge on any atom is -0.486 e. The third-order valence-electron chi connectivity index (χ3n) is 4.83. The van der Waals surface area contributed by atoms with E-state index in [-0.39, 0.29) is 5.91 Å². The highest BCUT2D eigenvalue weighted by atomic mass is 32.1. The van der Waals surface area contributed by atoms with Crippen molar-refractivity contribution in [1.82, 2.24) is 4.90 Å². The Hall–Kier alpha value is -2.01. The lowest BCUT2D eigenvalue weighted by Crippen LogP contribution is -2.25. The average Bonchev–Trinajstić information content (AvgIpc) is 2.91. The molecular formula is C20H23NO3S. The van der Waals surface area contributed by atoms with Crippen molar-refractivity contribution in [3.63, 3.8) is 0 Å². The zero-order valence-corrected chi connectivity index (χ0v) is 15.4. The summed E-state index contributed by atoms with van der Waals surface area (Å²) >= 11 is 1.68. The van der Waals surface area contributed by atoms with Crippen molar-refractivity contribution in [3.8, 4) is 11.5 Å². The predicted molar refractivity (Wildman–Crippen MR) is 98.8 cm³/mol. The van der Waals surface area contributed by atoms with Crippen LogP contribution in [0, 0.1) is 0 Å². The molecule has 132 valence electrons. The van der Waals surface area contributed by atoms with Crippen LogP contribution in [0.1, 0.15) is 44.9 Å². The molecule has 0 saturated carbocycles. The van der Waals surface area contributed by atoms with Gasteiger partial charge in [-0.05, 0) is 55.0 Å². The number of hydrogen-bond acceptors (Lipinski definition) is 4. The largest absolute Gasteiger partial charge is 0.486 e. The van der Waals surface area contributed by atoms with Gasteiger partial charge in [0.15, 0.2) is 11.5 Å². The molecule has 1 aliphatic heterocycles. The number of amides is 1. The van der Waals surface area contributed by atoms with E-state index in [0.29, 0.717) is 19.8 Å². The lowest BCUT2D eigenvalue weighted by Gasteiger charge is -2.21. The first-order valence-corrected chi connectivity index (χ1v) is 9.78. The fourth-order valence-electron chi connectivity index (χ4n) is 3.49. The molecule has 0 radical (unpaired) electrons. The van der Waals surface area contributed by atoms with E-state index < -0.39 is 0 Å². The first-order valence-electron chi connectivity index (χ1n) is 8.96. The number of aryl methyl sites for hydroxylation is 2. The van der Waals surface area contributed by atoms with E-state index in [2.05, 4.69) is 6.07 Å². The Balaban J connectivity index is 1.47. The number of thiophene rings is 1. The van der Waals surface area contributed by atoms with Crippen molar-refractivity contribution in [2.75, 3.05) is 20.3 Å². The third-order valence-corrected chi connectivity index (χ3v) is 6.06. The van der Waals surface area contributed by atoms with E-state index >= 15 is 0 Å². The molecule has 0 bridgehead atoms. The summed E-state index contributed by atoms with van der Waals surface area (Å²) in [5.74, 6) is 1.66. The molecule has 5 heteroatoms. The number of ether oxygens (including phenoxy) is 2. The third kappa shape index (κ3) is 3.52. The summed E-state index contributed by atoms with van der Waals surface area (Å²) in [6, 6.07) is 8.02. The van der Waals surface area contributed by atoms with Crippen molar-refractivity contribution < 1.29 is 14.3 Å². The van der Waals surface area contributed by atoms with Crippen LogP contribution in [0.3, 0.4) is 0 Å². The lowest BCUT2D eigenvalue weighted by atomic mass is 10.1. The number of benzene rings is 1. The van der Waals surface area contributed by atoms with Crippen LogP contribution in [-0.2, 0) is 19.4 Å². The normalized spacial score (nSPS) is 16.0. The molecule has 4 nitrogen and oxygen atoms in total. The van der Waals surface area contributed by atoms with E-state index in [9.17, 15) is 4.79 Å². The average molecular weight is 357 g/mol. The summed E-state index contributed by atoms with van der Waals surface area (Å²) < 4.78 is 11.2. The molecule has 0 saturated heterocycles. The Labute approximate surface area is 152 Å². The van der Waals surface area contributed by atoms with Gasteiger partial charge >= 0.3 is 0 Å². The van der Waals surface area contributed by atoms with E-state index in [1.165, 1.54) is 29.7 Å². The van der Waals surface area contributed by atoms with Crippen LogP contribution in [-0.4, -0.2) is 31.1 Å². The van der Waals surface area contributed by atoms with Crippen LogP contribution >= 0.6 is 11.3 Å². The molecule has 0 N–H and O–H groups in total. The van der Waals surface area contributed by atoms with Gasteiger partial charge in [-0.1, -0.05) is 12.5 Å². The minimum atomic E-state index is 0.105. The quantitative estimate of drug-likeness (QED) is 0.778. The van der Waals surface area contributed by atoms with Crippen molar-refractivity contribution in [1.29, 1.82) is 0 Å². The minimum absolute atomic E-state index is 0.105. The SMILES string of the molecule is CN(Cc1ccc2c(c1)OCCO2)C(=O)c1cc2c(s1)CCCCC2. The van der Waals surface area contributed by atoms with Gasteiger partial charge in [0.25, 0.3) is 5.91 Å². The summed E-state index contributed by atoms with van der Waals surface area (Å²) in [6.07, 6.45) is 6.03. The van der Waals surface area contributed by atoms with Gasteiger partial charge in [-0.3, -0.25) is 4.79 Å². The summed E-state index contributed by atoms with van der Waals surface area (Å²) in [5, 5.41) is 0. The maximum Gasteiger partial charge on any atom is 0.263 e. The maximum atomic E-state index is 12.8. The molecule has 2 aliphatic rings. The standard InChI is InChI=1S/C20H23NO3S/c1-21(13-14-7-8-16-17(11-14)24-10-9-23-16)20(22)19-12-15-5-3-2-4-6-18(15)25-19/h7-8,11-12H,2-6,9-10,13H2,1H3. The fourth-order valence-corrected chi connectivity index (χ4v) is 4.74. The maximum absolute atomic E-state index is 12.8. The van der Waals surface area contributed by atoms with Gasteiger partial charge in [-0.25, -0.2) is 0 Å². The number of fused-ring (bicyclic) bond motifs is 2. The second-order valence-corrected chi connectivity index (χ2v) is 7.90. The molecule has 0 atom stereocenters. The Morgan fingerprint density at radius 1 is 1.08 bits per heavy atom. The van der Waals surface area contributed by atoms with E-state index in [4.69, 9.17) is 9.47 Å². The number of rotatable bonds is 3. The van der Waals surface area contributed by atoms with Crippen LogP contribution in [0.5, 0.6) is 11.5 Å². The Kier molecular flexibility index (Phi) is 4.66. The van der Waals surface area contributed by atoms with Crippen molar-refractivity contribution in [2.24, 2.45) is 0 Å². The summed E-state index contributed by atoms with van der Waals surface area (Å²) in [7, 11) is 1.87. The van der Waals surface area contributed by atoms with Gasteiger partial charge in [-0.2, -0.15) is 0 Å². The second-order valence-electron chi connectivity index (χ2n) is 6.76. The van der Waals surface area contributed by atoms with Crippen molar-refractivity contribution >= 4 is 17.2 Å². The summed E-state index contributed by atoms with van der Waals surface area (Å²) in [6.45, 7) is 1.73. The van der Waals surface area contributed by atoms with Gasteiger partial charge in [0.05, 0.1) is 4.88 Å². The molecule has 4 rings (SSSR count). The highest BCUT2D eigenvalue weighted by molar-refractivity contribution is 7.14. The summed E-state index contributed by atoms with van der Waals surface area (Å²) in [5.41, 5.74) is 2.44. The molecule has 25 heavy (non-hydrogen) atoms. The molecule has 0 unspecified atom stereocenters. The zero-order valence-electron chi connectivity index (χ0n) is 14.5. The second kappa shape index (κ2) is 7.08. The number of carbonyl (C=O) groups excluding carboxylic acids is 1. The highest BCUT2D eigenvalue weighted by Crippen LogP contribution is 2.32. The smallest absolute Gasteiger partial charge is 0.263 e. The molecule has 1 aliphatic carbocycles. The van der Waals surface area contributed by atoms with Crippen molar-refractivity contribution in [2.45, 2.75) is 38.6 Å². The zero-order chi connectivity index (χ0) is 17.2. The van der Waals surface area contributed by atoms with Crippen molar-refractivity contribution in [3.05, 3.63) is 45.1 Å². The first kappa shape index (κ1) is 16.5. The molecule has 0 fully saturated rings. The summed E-state index contributed by atoms with van der Waals surface area (Å²) in [4.78, 5) is 16.9. The number of nitrogens with zero attached hydrogens (tertiary/aromatic N) is 1. The highest BCUT2D eigenvalue weighted by Gasteiger charge is 2.20. The molecule has 2 heterocycles. The molecule has 0 spiro atoms. The van der Waals surface area contributed by atoms with Gasteiger partial charge in [-0.15, -0.1) is 11.3 Å². The molecule has 1 amide bonds. The van der Waals surface area contributed by atoms with Gasteiger partial charge in [0.2, 0.25) is 0 Å². The Bertz CT molecular complexity index is 760. The lowest BCUT2D eigenvalue weighted by molar-refractivity contribution is 0.0789. The van der Waals surface area contributed by atoms with Gasteiger partial charge < -0.3 is 14.4 Å². The van der Waals surface area contributed by atoms with Crippen LogP contribution in [0.4, 0.5) is 0 Å². The van der Waals surface area contributed by atoms with E-state index in [1.807, 2.05) is 25.2 Å². The Morgan fingerprint density at radius 2 is 1.88 bits per heavy atom. The van der Waals surface area contributed by atoms with Crippen LogP contribution < -0.4 is 9.47 Å². The predicted octanol–water partition coefficient (Wildman–Crippen LogP) is 4.06. The molecular weight excluding hydrogens is 334 g/mol. The van der Waals surface area contributed by atoms with Crippen LogP contribution in [0.25, 0.3) is 0 Å². The van der Waals surface area contributed by atoms with Crippen LogP contribution in [0.2, 0.25) is 0 Å². The topological polar surface area (TPSA) is 38.8 Å². The van der Waals surface area contributed by atoms with Gasteiger partial charge in [0, 0.05) is 18.5 Å². The van der Waals surface area contributed by atoms with Crippen LogP contribution in [0.15, 0.2) is 24.3 Å². The van der Waals surface area contributed by atoms with E-state index in [0.717, 1.165) is 34.8 Å². The van der Waals surface area contributed by atoms with E-state index in [1.54, 1.807) is 16.2 Å². The molecule has 1 aromatic carbocycles. The molecule has 1 aromatic heterocycles. The van der Waals surface area contributed by atoms with Gasteiger partial charge in [0.1, 0.15) is 13.2 Å². The first-order chi connectivity index (χ1) is 12.2. The Morgan fingerprint density at radius 3 is 2.76 bits per heavy atom.